The molecule has 9 heteroatoms. The van der Waals surface area contributed by atoms with E-state index in [2.05, 4.69) is 41.0 Å². The first-order valence-corrected chi connectivity index (χ1v) is 6.00. The maximum absolute atomic E-state index is 5.87. The van der Waals surface area contributed by atoms with Gasteiger partial charge in [0.05, 0.1) is 10.7 Å². The fourth-order valence-corrected chi connectivity index (χ4v) is 1.77. The highest BCUT2D eigenvalue weighted by Crippen LogP contribution is 2.12. The van der Waals surface area contributed by atoms with Crippen LogP contribution >= 0.6 is 27.5 Å². The zero-order valence-corrected chi connectivity index (χ0v) is 11.1. The van der Waals surface area contributed by atoms with Gasteiger partial charge in [-0.3, -0.25) is 4.57 Å². The molecule has 0 aromatic carbocycles. The summed E-state index contributed by atoms with van der Waals surface area (Å²) < 4.78 is 3.96. The van der Waals surface area contributed by atoms with Crippen LogP contribution < -0.4 is 0 Å². The maximum Gasteiger partial charge on any atom is 0.256 e. The number of hydrogen-bond donors (Lipinski definition) is 0. The van der Waals surface area contributed by atoms with E-state index in [1.54, 1.807) is 35.7 Å². The van der Waals surface area contributed by atoms with Crippen molar-refractivity contribution in [1.29, 1.82) is 0 Å². The summed E-state index contributed by atoms with van der Waals surface area (Å²) >= 11 is 9.18. The second-order valence-corrected chi connectivity index (χ2v) is 4.53. The molecule has 0 spiro atoms. The van der Waals surface area contributed by atoms with Gasteiger partial charge in [-0.25, -0.2) is 9.67 Å². The highest BCUT2D eigenvalue weighted by atomic mass is 79.9. The van der Waals surface area contributed by atoms with E-state index >= 15 is 0 Å². The molecule has 0 atom stereocenters. The van der Waals surface area contributed by atoms with Gasteiger partial charge in [0, 0.05) is 18.6 Å². The zero-order chi connectivity index (χ0) is 12.5. The summed E-state index contributed by atoms with van der Waals surface area (Å²) in [6.07, 6.45) is 8.28. The Labute approximate surface area is 115 Å². The molecule has 0 unspecified atom stereocenters. The molecule has 18 heavy (non-hydrogen) atoms. The average Bonchev–Trinajstić information content (AvgIpc) is 2.98. The van der Waals surface area contributed by atoms with E-state index in [0.29, 0.717) is 11.9 Å². The van der Waals surface area contributed by atoms with E-state index in [4.69, 9.17) is 11.6 Å². The standard InChI is InChI=1S/C9H5BrClN7/c10-6-3-13-18(4-6)9-15-7(11)14-8(16-9)17-2-1-12-5-17/h1-5H. The fourth-order valence-electron chi connectivity index (χ4n) is 1.34. The smallest absolute Gasteiger partial charge is 0.256 e. The second-order valence-electron chi connectivity index (χ2n) is 3.28. The summed E-state index contributed by atoms with van der Waals surface area (Å²) in [4.78, 5) is 16.2. The Kier molecular flexibility index (Phi) is 2.80. The molecular formula is C9H5BrClN7. The third-order valence-electron chi connectivity index (χ3n) is 2.08. The molecule has 0 fully saturated rings. The molecule has 90 valence electrons. The third kappa shape index (κ3) is 2.12. The summed E-state index contributed by atoms with van der Waals surface area (Å²) in [5, 5.41) is 4.18. The lowest BCUT2D eigenvalue weighted by Crippen LogP contribution is -2.08. The summed E-state index contributed by atoms with van der Waals surface area (Å²) in [5.41, 5.74) is 0. The van der Waals surface area contributed by atoms with Crippen molar-refractivity contribution in [2.75, 3.05) is 0 Å². The largest absolute Gasteiger partial charge is 0.274 e. The van der Waals surface area contributed by atoms with Crippen LogP contribution in [0.15, 0.2) is 35.6 Å². The van der Waals surface area contributed by atoms with Crippen LogP contribution in [0.4, 0.5) is 0 Å². The first-order chi connectivity index (χ1) is 8.72. The minimum absolute atomic E-state index is 0.0929. The average molecular weight is 327 g/mol. The molecule has 0 saturated carbocycles. The van der Waals surface area contributed by atoms with Crippen LogP contribution in [-0.2, 0) is 0 Å². The van der Waals surface area contributed by atoms with Crippen LogP contribution in [0.5, 0.6) is 0 Å². The van der Waals surface area contributed by atoms with Crippen LogP contribution in [0.2, 0.25) is 5.28 Å². The Balaban J connectivity index is 2.11. The summed E-state index contributed by atoms with van der Waals surface area (Å²) in [6, 6.07) is 0. The van der Waals surface area contributed by atoms with Gasteiger partial charge in [0.25, 0.3) is 5.95 Å². The molecule has 0 aliphatic carbocycles. The molecule has 7 nitrogen and oxygen atoms in total. The van der Waals surface area contributed by atoms with Crippen molar-refractivity contribution in [1.82, 2.24) is 34.3 Å². The number of halogens is 2. The van der Waals surface area contributed by atoms with Crippen LogP contribution in [0, 0.1) is 0 Å². The van der Waals surface area contributed by atoms with Gasteiger partial charge in [0.15, 0.2) is 0 Å². The van der Waals surface area contributed by atoms with Gasteiger partial charge in [-0.2, -0.15) is 20.1 Å². The predicted molar refractivity (Wildman–Crippen MR) is 66.8 cm³/mol. The van der Waals surface area contributed by atoms with Crippen molar-refractivity contribution >= 4 is 27.5 Å². The lowest BCUT2D eigenvalue weighted by Gasteiger charge is -2.03. The van der Waals surface area contributed by atoms with Crippen LogP contribution in [0.3, 0.4) is 0 Å². The minimum atomic E-state index is 0.0929. The molecule has 0 saturated heterocycles. The van der Waals surface area contributed by atoms with Crippen molar-refractivity contribution in [2.24, 2.45) is 0 Å². The Hall–Kier alpha value is -1.80. The molecule has 3 aromatic heterocycles. The van der Waals surface area contributed by atoms with E-state index in [1.807, 2.05) is 0 Å². The number of hydrogen-bond acceptors (Lipinski definition) is 5. The minimum Gasteiger partial charge on any atom is -0.274 e. The number of imidazole rings is 1. The summed E-state index contributed by atoms with van der Waals surface area (Å²) in [7, 11) is 0. The molecular weight excluding hydrogens is 322 g/mol. The van der Waals surface area contributed by atoms with Gasteiger partial charge in [-0.1, -0.05) is 0 Å². The van der Waals surface area contributed by atoms with Gasteiger partial charge in [-0.15, -0.1) is 0 Å². The van der Waals surface area contributed by atoms with E-state index in [-0.39, 0.29) is 5.28 Å². The molecule has 0 N–H and O–H groups in total. The number of nitrogens with zero attached hydrogens (tertiary/aromatic N) is 7. The Morgan fingerprint density at radius 2 is 2.00 bits per heavy atom. The Morgan fingerprint density at radius 1 is 1.17 bits per heavy atom. The molecule has 0 radical (unpaired) electrons. The molecule has 3 rings (SSSR count). The first-order valence-electron chi connectivity index (χ1n) is 4.83. The topological polar surface area (TPSA) is 74.3 Å². The van der Waals surface area contributed by atoms with Gasteiger partial charge in [-0.05, 0) is 27.5 Å². The number of rotatable bonds is 2. The van der Waals surface area contributed by atoms with Crippen molar-refractivity contribution in [3.63, 3.8) is 0 Å². The van der Waals surface area contributed by atoms with Gasteiger partial charge < -0.3 is 0 Å². The maximum atomic E-state index is 5.87. The second kappa shape index (κ2) is 4.46. The molecule has 0 aliphatic heterocycles. The quantitative estimate of drug-likeness (QED) is 0.716. The first kappa shape index (κ1) is 11.3. The van der Waals surface area contributed by atoms with Crippen molar-refractivity contribution < 1.29 is 0 Å². The zero-order valence-electron chi connectivity index (χ0n) is 8.77. The van der Waals surface area contributed by atoms with Crippen LogP contribution in [-0.4, -0.2) is 34.3 Å². The van der Waals surface area contributed by atoms with Gasteiger partial charge >= 0.3 is 0 Å². The molecule has 0 bridgehead atoms. The Bertz CT molecular complexity index is 678. The van der Waals surface area contributed by atoms with E-state index < -0.39 is 0 Å². The van der Waals surface area contributed by atoms with Gasteiger partial charge in [0.1, 0.15) is 6.33 Å². The predicted octanol–water partition coefficient (Wildman–Crippen LogP) is 1.66. The molecule has 0 amide bonds. The van der Waals surface area contributed by atoms with Crippen molar-refractivity contribution in [3.05, 3.63) is 40.9 Å². The van der Waals surface area contributed by atoms with Crippen LogP contribution in [0.25, 0.3) is 11.9 Å². The van der Waals surface area contributed by atoms with E-state index in [9.17, 15) is 0 Å². The molecule has 3 aromatic rings. The van der Waals surface area contributed by atoms with E-state index in [0.717, 1.165) is 4.47 Å². The van der Waals surface area contributed by atoms with Gasteiger partial charge in [0.2, 0.25) is 11.2 Å². The van der Waals surface area contributed by atoms with E-state index in [1.165, 1.54) is 4.68 Å². The summed E-state index contributed by atoms with van der Waals surface area (Å²) in [5.74, 6) is 0.721. The third-order valence-corrected chi connectivity index (χ3v) is 2.65. The SMILES string of the molecule is Clc1nc(-n2ccnc2)nc(-n2cc(Br)cn2)n1. The highest BCUT2D eigenvalue weighted by Gasteiger charge is 2.09. The van der Waals surface area contributed by atoms with Crippen molar-refractivity contribution in [2.45, 2.75) is 0 Å². The highest BCUT2D eigenvalue weighted by molar-refractivity contribution is 9.10. The monoisotopic (exact) mass is 325 g/mol. The number of aromatic nitrogens is 7. The summed E-state index contributed by atoms with van der Waals surface area (Å²) in [6.45, 7) is 0. The lowest BCUT2D eigenvalue weighted by molar-refractivity contribution is 0.773. The normalized spacial score (nSPS) is 10.8. The molecule has 3 heterocycles. The van der Waals surface area contributed by atoms with Crippen molar-refractivity contribution in [3.8, 4) is 11.9 Å². The fraction of sp³-hybridized carbons (Fsp3) is 0. The van der Waals surface area contributed by atoms with Crippen LogP contribution in [0.1, 0.15) is 0 Å². The Morgan fingerprint density at radius 3 is 2.67 bits per heavy atom. The lowest BCUT2D eigenvalue weighted by atomic mass is 10.7. The molecule has 0 aliphatic rings.